The first-order chi connectivity index (χ1) is 13.7. The predicted molar refractivity (Wildman–Crippen MR) is 106 cm³/mol. The number of rotatable bonds is 6. The summed E-state index contributed by atoms with van der Waals surface area (Å²) in [6.45, 7) is -0.0139. The largest absolute Gasteiger partial charge is 0.457 e. The topological polar surface area (TPSA) is 69.4 Å². The molecule has 0 aromatic heterocycles. The third-order valence-electron chi connectivity index (χ3n) is 4.48. The van der Waals surface area contributed by atoms with E-state index in [1.807, 2.05) is 6.07 Å². The number of ether oxygens (including phenoxy) is 1. The van der Waals surface area contributed by atoms with Crippen molar-refractivity contribution in [2.75, 3.05) is 18.8 Å². The second-order valence-electron chi connectivity index (χ2n) is 6.53. The molecule has 1 aliphatic heterocycles. The van der Waals surface area contributed by atoms with Crippen LogP contribution in [0.25, 0.3) is 0 Å². The molecule has 3 rings (SSSR count). The monoisotopic (exact) mass is 425 g/mol. The Morgan fingerprint density at radius 2 is 1.62 bits per heavy atom. The molecule has 0 aliphatic carbocycles. The maximum Gasteiger partial charge on any atom is 0.408 e. The predicted octanol–water partition coefficient (Wildman–Crippen LogP) is 4.09. The fourth-order valence-electron chi connectivity index (χ4n) is 3.02. The zero-order valence-electron chi connectivity index (χ0n) is 15.3. The van der Waals surface area contributed by atoms with E-state index in [1.165, 1.54) is 36.5 Å². The van der Waals surface area contributed by atoms with Gasteiger partial charge in [-0.3, -0.25) is 0 Å². The summed E-state index contributed by atoms with van der Waals surface area (Å²) in [5.74, 6) is -0.911. The van der Waals surface area contributed by atoms with Gasteiger partial charge in [0, 0.05) is 18.7 Å². The fourth-order valence-corrected chi connectivity index (χ4v) is 4.66. The van der Waals surface area contributed by atoms with Gasteiger partial charge < -0.3 is 10.5 Å². The molecule has 0 amide bonds. The van der Waals surface area contributed by atoms with Gasteiger partial charge in [-0.1, -0.05) is 18.2 Å². The molecule has 29 heavy (non-hydrogen) atoms. The molecule has 0 spiro atoms. The van der Waals surface area contributed by atoms with E-state index in [0.717, 1.165) is 0 Å². The minimum Gasteiger partial charge on any atom is -0.457 e. The number of quaternary nitrogens is 1. The highest BCUT2D eigenvalue weighted by Crippen LogP contribution is 2.36. The molecule has 2 aromatic rings. The Kier molecular flexibility index (Phi) is 5.83. The van der Waals surface area contributed by atoms with Crippen molar-refractivity contribution in [2.24, 2.45) is 5.73 Å². The maximum absolute atomic E-state index is 13.0. The molecular weight excluding hydrogens is 405 g/mol. The van der Waals surface area contributed by atoms with E-state index in [0.29, 0.717) is 17.1 Å². The van der Waals surface area contributed by atoms with Gasteiger partial charge in [-0.05, 0) is 42.0 Å². The summed E-state index contributed by atoms with van der Waals surface area (Å²) in [6.07, 6.45) is -0.615. The molecule has 0 saturated carbocycles. The Morgan fingerprint density at radius 3 is 2.14 bits per heavy atom. The molecule has 5 nitrogen and oxygen atoms in total. The Morgan fingerprint density at radius 1 is 1.00 bits per heavy atom. The van der Waals surface area contributed by atoms with Crippen LogP contribution in [0.5, 0.6) is 11.5 Å². The van der Waals surface area contributed by atoms with Gasteiger partial charge in [0.05, 0.1) is 0 Å². The molecule has 1 atom stereocenters. The first-order valence-corrected chi connectivity index (χ1v) is 10.4. The minimum atomic E-state index is -4.86. The van der Waals surface area contributed by atoms with Crippen LogP contribution in [-0.4, -0.2) is 33.4 Å². The van der Waals surface area contributed by atoms with Crippen LogP contribution in [0, 0.1) is 0 Å². The van der Waals surface area contributed by atoms with E-state index >= 15 is 0 Å². The summed E-state index contributed by atoms with van der Waals surface area (Å²) in [6, 6.07) is 14.9. The number of hydrogen-bond acceptors (Lipinski definition) is 4. The lowest BCUT2D eigenvalue weighted by Gasteiger charge is -2.34. The zero-order valence-corrected chi connectivity index (χ0v) is 16.2. The van der Waals surface area contributed by atoms with Crippen molar-refractivity contribution in [2.45, 2.75) is 6.18 Å². The van der Waals surface area contributed by atoms with E-state index in [1.54, 1.807) is 30.3 Å². The van der Waals surface area contributed by atoms with E-state index in [-0.39, 0.29) is 18.8 Å². The Hall–Kier alpha value is -2.62. The number of para-hydroxylation sites is 1. The van der Waals surface area contributed by atoms with Crippen LogP contribution in [0.4, 0.5) is 18.9 Å². The number of nitrogens with two attached hydrogens (primary N) is 1. The summed E-state index contributed by atoms with van der Waals surface area (Å²) in [5.41, 5.74) is 6.40. The second kappa shape index (κ2) is 8.02. The third kappa shape index (κ3) is 4.69. The van der Waals surface area contributed by atoms with Crippen LogP contribution in [0.3, 0.4) is 0 Å². The van der Waals surface area contributed by atoms with Crippen molar-refractivity contribution in [3.8, 4) is 11.5 Å². The average Bonchev–Trinajstić information content (AvgIpc) is 2.67. The summed E-state index contributed by atoms with van der Waals surface area (Å²) in [5, 5.41) is 0. The van der Waals surface area contributed by atoms with E-state index in [2.05, 4.69) is 0 Å². The molecule has 0 saturated heterocycles. The highest BCUT2D eigenvalue weighted by atomic mass is 32.2. The molecule has 0 fully saturated rings. The molecule has 1 aliphatic rings. The lowest BCUT2D eigenvalue weighted by molar-refractivity contribution is -0.106. The zero-order chi connectivity index (χ0) is 21.1. The van der Waals surface area contributed by atoms with Crippen molar-refractivity contribution >= 4 is 15.7 Å². The molecule has 2 aromatic carbocycles. The molecular formula is C20H20F3N2O3S+. The van der Waals surface area contributed by atoms with Gasteiger partial charge in [-0.15, -0.1) is 0 Å². The lowest BCUT2D eigenvalue weighted by atomic mass is 10.1. The second-order valence-corrected chi connectivity index (χ2v) is 8.63. The van der Waals surface area contributed by atoms with Gasteiger partial charge in [0.2, 0.25) is 0 Å². The number of sulfonamides is 1. The molecule has 0 radical (unpaired) electrons. The molecule has 0 bridgehead atoms. The van der Waals surface area contributed by atoms with Gasteiger partial charge in [0.15, 0.2) is 11.4 Å². The maximum atomic E-state index is 13.0. The normalized spacial score (nSPS) is 19.7. The Balaban J connectivity index is 1.97. The van der Waals surface area contributed by atoms with Crippen molar-refractivity contribution in [3.05, 3.63) is 78.5 Å². The first-order valence-electron chi connectivity index (χ1n) is 8.74. The molecule has 2 N–H and O–H groups in total. The van der Waals surface area contributed by atoms with Gasteiger partial charge in [-0.25, -0.2) is 0 Å². The quantitative estimate of drug-likeness (QED) is 0.708. The van der Waals surface area contributed by atoms with Crippen LogP contribution < -0.4 is 14.4 Å². The first kappa shape index (κ1) is 21.1. The lowest BCUT2D eigenvalue weighted by Crippen LogP contribution is -2.53. The van der Waals surface area contributed by atoms with Gasteiger partial charge >= 0.3 is 16.2 Å². The van der Waals surface area contributed by atoms with Crippen LogP contribution in [0.2, 0.25) is 0 Å². The standard InChI is InChI=1S/C20H20F3N2O3S/c21-20(22,23)15-29(26,27)25(12-10-16(14-24)11-13-25)17-6-8-19(9-7-17)28-18-4-2-1-3-5-18/h1-12H,13-15,24H2/q+1. The number of nitrogens with zero attached hydrogens (tertiary/aromatic N) is 1. The van der Waals surface area contributed by atoms with Gasteiger partial charge in [-0.2, -0.15) is 25.5 Å². The number of alkyl halides is 3. The average molecular weight is 425 g/mol. The van der Waals surface area contributed by atoms with Crippen LogP contribution in [-0.2, 0) is 10.0 Å². The molecule has 154 valence electrons. The van der Waals surface area contributed by atoms with Crippen molar-refractivity contribution in [3.63, 3.8) is 0 Å². The molecule has 9 heteroatoms. The summed E-state index contributed by atoms with van der Waals surface area (Å²) >= 11 is 0. The highest BCUT2D eigenvalue weighted by molar-refractivity contribution is 7.91. The van der Waals surface area contributed by atoms with Crippen LogP contribution in [0.1, 0.15) is 0 Å². The highest BCUT2D eigenvalue weighted by Gasteiger charge is 2.49. The SMILES string of the molecule is NCC1=CC[N+](c2ccc(Oc3ccccc3)cc2)(S(=O)(=O)CC(F)(F)F)C=C1. The van der Waals surface area contributed by atoms with E-state index in [4.69, 9.17) is 10.5 Å². The third-order valence-corrected chi connectivity index (χ3v) is 6.65. The number of hydrogen-bond donors (Lipinski definition) is 1. The van der Waals surface area contributed by atoms with Crippen LogP contribution >= 0.6 is 0 Å². The Bertz CT molecular complexity index is 1020. The van der Waals surface area contributed by atoms with Crippen molar-refractivity contribution in [1.82, 2.24) is 3.89 Å². The van der Waals surface area contributed by atoms with Gasteiger partial charge in [0.25, 0.3) is 0 Å². The fraction of sp³-hybridized carbons (Fsp3) is 0.200. The van der Waals surface area contributed by atoms with Crippen molar-refractivity contribution in [1.29, 1.82) is 0 Å². The summed E-state index contributed by atoms with van der Waals surface area (Å²) in [7, 11) is -4.66. The molecule has 1 unspecified atom stereocenters. The van der Waals surface area contributed by atoms with Gasteiger partial charge in [0.1, 0.15) is 24.2 Å². The van der Waals surface area contributed by atoms with E-state index < -0.39 is 25.8 Å². The number of halogens is 3. The summed E-state index contributed by atoms with van der Waals surface area (Å²) < 4.78 is 69.2. The van der Waals surface area contributed by atoms with Crippen molar-refractivity contribution < 1.29 is 26.3 Å². The smallest absolute Gasteiger partial charge is 0.408 e. The molecule has 1 heterocycles. The Labute approximate surface area is 167 Å². The summed E-state index contributed by atoms with van der Waals surface area (Å²) in [4.78, 5) is 0. The van der Waals surface area contributed by atoms with E-state index in [9.17, 15) is 21.6 Å². The van der Waals surface area contributed by atoms with Crippen LogP contribution in [0.15, 0.2) is 78.5 Å². The number of benzene rings is 2. The minimum absolute atomic E-state index is 0.166.